The summed E-state index contributed by atoms with van der Waals surface area (Å²) >= 11 is 5.18. The monoisotopic (exact) mass is 252 g/mol. The van der Waals surface area contributed by atoms with Gasteiger partial charge in [-0.2, -0.15) is 5.26 Å². The zero-order valence-corrected chi connectivity index (χ0v) is 10.8. The molecule has 2 nitrogen and oxygen atoms in total. The van der Waals surface area contributed by atoms with Gasteiger partial charge in [0.05, 0.1) is 0 Å². The molecule has 0 saturated carbocycles. The quantitative estimate of drug-likeness (QED) is 0.817. The van der Waals surface area contributed by atoms with Crippen molar-refractivity contribution in [1.29, 1.82) is 5.26 Å². The van der Waals surface area contributed by atoms with Crippen molar-refractivity contribution in [2.24, 2.45) is 0 Å². The Morgan fingerprint density at radius 3 is 2.61 bits per heavy atom. The Morgan fingerprint density at radius 2 is 1.94 bits per heavy atom. The Bertz CT molecular complexity index is 676. The fourth-order valence-electron chi connectivity index (χ4n) is 1.63. The van der Waals surface area contributed by atoms with Gasteiger partial charge in [0.1, 0.15) is 16.4 Å². The normalized spacial score (nSPS) is 10.4. The summed E-state index contributed by atoms with van der Waals surface area (Å²) in [4.78, 5) is 2.88. The standard InChI is InChI=1S/C15H12N2S/c1-11-13(9-14(10-16)17-15(11)18)8-7-12-5-3-2-4-6-12/h2-9H,1H3,(H,17,18). The van der Waals surface area contributed by atoms with Crippen LogP contribution in [-0.2, 0) is 0 Å². The molecule has 1 aromatic heterocycles. The highest BCUT2D eigenvalue weighted by Crippen LogP contribution is 2.14. The molecule has 2 aromatic rings. The van der Waals surface area contributed by atoms with Gasteiger partial charge >= 0.3 is 0 Å². The number of nitriles is 1. The number of nitrogens with one attached hydrogen (secondary N) is 1. The molecule has 1 aromatic carbocycles. The van der Waals surface area contributed by atoms with Crippen molar-refractivity contribution in [2.75, 3.05) is 0 Å². The molecule has 3 heteroatoms. The van der Waals surface area contributed by atoms with Gasteiger partial charge in [-0.15, -0.1) is 0 Å². The summed E-state index contributed by atoms with van der Waals surface area (Å²) in [7, 11) is 0. The van der Waals surface area contributed by atoms with Gasteiger partial charge in [-0.3, -0.25) is 0 Å². The molecule has 88 valence electrons. The Labute approximate surface area is 111 Å². The molecule has 0 saturated heterocycles. The summed E-state index contributed by atoms with van der Waals surface area (Å²) in [5, 5.41) is 8.91. The minimum Gasteiger partial charge on any atom is -0.338 e. The fraction of sp³-hybridized carbons (Fsp3) is 0.0667. The van der Waals surface area contributed by atoms with Crippen LogP contribution in [0.25, 0.3) is 12.2 Å². The molecule has 2 rings (SSSR count). The highest BCUT2D eigenvalue weighted by Gasteiger charge is 2.00. The Hall–Kier alpha value is -2.18. The first-order valence-electron chi connectivity index (χ1n) is 5.58. The van der Waals surface area contributed by atoms with Gasteiger partial charge in [-0.1, -0.05) is 54.7 Å². The van der Waals surface area contributed by atoms with Gasteiger partial charge in [0.2, 0.25) is 0 Å². The first kappa shape index (κ1) is 12.3. The lowest BCUT2D eigenvalue weighted by atomic mass is 10.1. The summed E-state index contributed by atoms with van der Waals surface area (Å²) < 4.78 is 0.613. The zero-order chi connectivity index (χ0) is 13.0. The van der Waals surface area contributed by atoms with Crippen molar-refractivity contribution in [1.82, 2.24) is 4.98 Å². The van der Waals surface area contributed by atoms with Crippen molar-refractivity contribution in [3.8, 4) is 6.07 Å². The minimum absolute atomic E-state index is 0.485. The van der Waals surface area contributed by atoms with E-state index >= 15 is 0 Å². The van der Waals surface area contributed by atoms with Crippen LogP contribution >= 0.6 is 12.2 Å². The summed E-state index contributed by atoms with van der Waals surface area (Å²) in [6.07, 6.45) is 3.99. The van der Waals surface area contributed by atoms with Gasteiger partial charge in [0, 0.05) is 0 Å². The van der Waals surface area contributed by atoms with Crippen LogP contribution in [-0.4, -0.2) is 4.98 Å². The van der Waals surface area contributed by atoms with Crippen LogP contribution in [0.3, 0.4) is 0 Å². The molecular formula is C15H12N2S. The molecule has 0 amide bonds. The van der Waals surface area contributed by atoms with Gasteiger partial charge in [-0.25, -0.2) is 0 Å². The predicted molar refractivity (Wildman–Crippen MR) is 76.4 cm³/mol. The van der Waals surface area contributed by atoms with Crippen LogP contribution in [0.15, 0.2) is 36.4 Å². The van der Waals surface area contributed by atoms with E-state index in [2.05, 4.69) is 11.1 Å². The third kappa shape index (κ3) is 2.73. The van der Waals surface area contributed by atoms with E-state index in [1.807, 2.05) is 55.5 Å². The van der Waals surface area contributed by atoms with Gasteiger partial charge < -0.3 is 4.98 Å². The molecule has 0 unspecified atom stereocenters. The zero-order valence-electron chi connectivity index (χ0n) is 9.97. The number of hydrogen-bond acceptors (Lipinski definition) is 2. The third-order valence-electron chi connectivity index (χ3n) is 2.70. The van der Waals surface area contributed by atoms with Gasteiger partial charge in [0.25, 0.3) is 0 Å². The van der Waals surface area contributed by atoms with E-state index in [0.717, 1.165) is 16.7 Å². The van der Waals surface area contributed by atoms with E-state index in [0.29, 0.717) is 10.3 Å². The number of nitrogens with zero attached hydrogens (tertiary/aromatic N) is 1. The maximum atomic E-state index is 8.91. The van der Waals surface area contributed by atoms with Crippen molar-refractivity contribution >= 4 is 24.4 Å². The maximum Gasteiger partial charge on any atom is 0.119 e. The molecule has 0 aliphatic carbocycles. The molecule has 0 atom stereocenters. The van der Waals surface area contributed by atoms with Gasteiger partial charge in [-0.05, 0) is 29.7 Å². The molecule has 0 aliphatic rings. The number of H-pyrrole nitrogens is 1. The molecule has 0 fully saturated rings. The maximum absolute atomic E-state index is 8.91. The average Bonchev–Trinajstić information content (AvgIpc) is 2.41. The van der Waals surface area contributed by atoms with E-state index in [4.69, 9.17) is 17.5 Å². The molecule has 0 radical (unpaired) electrons. The Morgan fingerprint density at radius 1 is 1.22 bits per heavy atom. The minimum atomic E-state index is 0.485. The second-order valence-corrected chi connectivity index (χ2v) is 4.36. The fourth-order valence-corrected chi connectivity index (χ4v) is 1.86. The first-order chi connectivity index (χ1) is 8.70. The van der Waals surface area contributed by atoms with Gasteiger partial charge in [0.15, 0.2) is 0 Å². The lowest BCUT2D eigenvalue weighted by Crippen LogP contribution is -1.90. The van der Waals surface area contributed by atoms with Crippen LogP contribution in [0.1, 0.15) is 22.4 Å². The highest BCUT2D eigenvalue weighted by molar-refractivity contribution is 7.71. The summed E-state index contributed by atoms with van der Waals surface area (Å²) in [6, 6.07) is 13.9. The summed E-state index contributed by atoms with van der Waals surface area (Å²) in [6.45, 7) is 1.95. The topological polar surface area (TPSA) is 39.6 Å². The van der Waals surface area contributed by atoms with Crippen LogP contribution in [0.2, 0.25) is 0 Å². The van der Waals surface area contributed by atoms with Crippen LogP contribution in [0, 0.1) is 22.9 Å². The molecule has 0 spiro atoms. The molecule has 1 N–H and O–H groups in total. The first-order valence-corrected chi connectivity index (χ1v) is 5.98. The predicted octanol–water partition coefficient (Wildman–Crippen LogP) is 4.09. The Balaban J connectivity index is 2.41. The molecule has 0 aliphatic heterocycles. The second kappa shape index (κ2) is 5.44. The summed E-state index contributed by atoms with van der Waals surface area (Å²) in [5.41, 5.74) is 3.56. The van der Waals surface area contributed by atoms with E-state index in [-0.39, 0.29) is 0 Å². The second-order valence-electron chi connectivity index (χ2n) is 3.95. The van der Waals surface area contributed by atoms with E-state index in [1.165, 1.54) is 0 Å². The van der Waals surface area contributed by atoms with Crippen molar-refractivity contribution in [2.45, 2.75) is 6.92 Å². The number of hydrogen-bond donors (Lipinski definition) is 1. The van der Waals surface area contributed by atoms with Crippen molar-refractivity contribution < 1.29 is 0 Å². The largest absolute Gasteiger partial charge is 0.338 e. The Kier molecular flexibility index (Phi) is 3.71. The molecule has 1 heterocycles. The van der Waals surface area contributed by atoms with E-state index in [1.54, 1.807) is 0 Å². The van der Waals surface area contributed by atoms with Crippen LogP contribution in [0.4, 0.5) is 0 Å². The van der Waals surface area contributed by atoms with Crippen LogP contribution < -0.4 is 0 Å². The van der Waals surface area contributed by atoms with Crippen molar-refractivity contribution in [3.05, 3.63) is 63.4 Å². The van der Waals surface area contributed by atoms with E-state index in [9.17, 15) is 0 Å². The third-order valence-corrected chi connectivity index (χ3v) is 3.11. The number of aromatic amines is 1. The SMILES string of the molecule is Cc1c(C=Cc2ccccc2)cc(C#N)[nH]c1=S. The van der Waals surface area contributed by atoms with Crippen LogP contribution in [0.5, 0.6) is 0 Å². The van der Waals surface area contributed by atoms with E-state index < -0.39 is 0 Å². The highest BCUT2D eigenvalue weighted by atomic mass is 32.1. The molecular weight excluding hydrogens is 240 g/mol. The molecule has 18 heavy (non-hydrogen) atoms. The van der Waals surface area contributed by atoms with Crippen molar-refractivity contribution in [3.63, 3.8) is 0 Å². The average molecular weight is 252 g/mol. The number of rotatable bonds is 2. The lowest BCUT2D eigenvalue weighted by Gasteiger charge is -2.01. The summed E-state index contributed by atoms with van der Waals surface area (Å²) in [5.74, 6) is 0. The number of aromatic nitrogens is 1. The lowest BCUT2D eigenvalue weighted by molar-refractivity contribution is 1.19. The number of benzene rings is 1. The smallest absolute Gasteiger partial charge is 0.119 e. The molecule has 0 bridgehead atoms. The number of pyridine rings is 1.